The van der Waals surface area contributed by atoms with Gasteiger partial charge in [0.1, 0.15) is 12.1 Å². The van der Waals surface area contributed by atoms with Crippen LogP contribution in [0.1, 0.15) is 24.2 Å². The van der Waals surface area contributed by atoms with E-state index in [0.717, 1.165) is 5.75 Å². The lowest BCUT2D eigenvalue weighted by Gasteiger charge is -2.24. The molecule has 2 atom stereocenters. The van der Waals surface area contributed by atoms with Crippen LogP contribution in [0.5, 0.6) is 11.5 Å². The molecule has 4 rings (SSSR count). The Kier molecular flexibility index (Phi) is 2.83. The Morgan fingerprint density at radius 2 is 2.10 bits per heavy atom. The van der Waals surface area contributed by atoms with Crippen molar-refractivity contribution in [1.29, 1.82) is 0 Å². The van der Waals surface area contributed by atoms with Gasteiger partial charge in [-0.2, -0.15) is 4.98 Å². The Hall–Kier alpha value is -2.12. The summed E-state index contributed by atoms with van der Waals surface area (Å²) in [6.45, 7) is 1.33. The van der Waals surface area contributed by atoms with E-state index in [9.17, 15) is 0 Å². The van der Waals surface area contributed by atoms with Crippen molar-refractivity contribution in [3.05, 3.63) is 36.0 Å². The van der Waals surface area contributed by atoms with Crippen molar-refractivity contribution in [2.24, 2.45) is 5.73 Å². The second-order valence-corrected chi connectivity index (χ2v) is 5.28. The van der Waals surface area contributed by atoms with Gasteiger partial charge in [0.05, 0.1) is 6.61 Å². The quantitative estimate of drug-likeness (QED) is 0.886. The van der Waals surface area contributed by atoms with Gasteiger partial charge in [0.15, 0.2) is 17.6 Å². The maximum atomic E-state index is 6.21. The van der Waals surface area contributed by atoms with Crippen LogP contribution in [-0.2, 0) is 10.3 Å². The van der Waals surface area contributed by atoms with Crippen molar-refractivity contribution >= 4 is 0 Å². The summed E-state index contributed by atoms with van der Waals surface area (Å²) in [4.78, 5) is 4.37. The SMILES string of the molecule is NC1(c2nc(C3COc4ccccc4O3)no2)CCOC1. The molecule has 1 saturated heterocycles. The summed E-state index contributed by atoms with van der Waals surface area (Å²) in [5.41, 5.74) is 5.51. The lowest BCUT2D eigenvalue weighted by atomic mass is 10.0. The topological polar surface area (TPSA) is 92.6 Å². The normalized spacial score (nSPS) is 27.8. The van der Waals surface area contributed by atoms with Crippen LogP contribution >= 0.6 is 0 Å². The molecule has 110 valence electrons. The predicted molar refractivity (Wildman–Crippen MR) is 70.9 cm³/mol. The monoisotopic (exact) mass is 289 g/mol. The smallest absolute Gasteiger partial charge is 0.249 e. The third-order valence-electron chi connectivity index (χ3n) is 3.72. The van der Waals surface area contributed by atoms with E-state index in [0.29, 0.717) is 43.7 Å². The first kappa shape index (κ1) is 12.6. The molecule has 2 aliphatic rings. The highest BCUT2D eigenvalue weighted by Gasteiger charge is 2.39. The molecule has 2 unspecified atom stereocenters. The minimum Gasteiger partial charge on any atom is -0.485 e. The summed E-state index contributed by atoms with van der Waals surface area (Å²) < 4.78 is 22.1. The van der Waals surface area contributed by atoms with E-state index in [2.05, 4.69) is 10.1 Å². The molecule has 0 aliphatic carbocycles. The van der Waals surface area contributed by atoms with E-state index >= 15 is 0 Å². The molecule has 2 aromatic rings. The van der Waals surface area contributed by atoms with Gasteiger partial charge >= 0.3 is 0 Å². The number of nitrogens with two attached hydrogens (primary N) is 1. The highest BCUT2D eigenvalue weighted by molar-refractivity contribution is 5.40. The number of fused-ring (bicyclic) bond motifs is 1. The third-order valence-corrected chi connectivity index (χ3v) is 3.72. The maximum Gasteiger partial charge on any atom is 0.249 e. The molecule has 7 nitrogen and oxygen atoms in total. The van der Waals surface area contributed by atoms with Crippen molar-refractivity contribution < 1.29 is 18.7 Å². The molecule has 1 aromatic carbocycles. The van der Waals surface area contributed by atoms with E-state index in [1.165, 1.54) is 0 Å². The molecule has 21 heavy (non-hydrogen) atoms. The van der Waals surface area contributed by atoms with Gasteiger partial charge in [-0.05, 0) is 18.6 Å². The molecule has 0 bridgehead atoms. The van der Waals surface area contributed by atoms with Gasteiger partial charge in [0, 0.05) is 6.61 Å². The van der Waals surface area contributed by atoms with Crippen LogP contribution in [0.2, 0.25) is 0 Å². The maximum absolute atomic E-state index is 6.21. The first-order valence-electron chi connectivity index (χ1n) is 6.84. The fourth-order valence-electron chi connectivity index (χ4n) is 2.46. The van der Waals surface area contributed by atoms with E-state index < -0.39 is 11.6 Å². The molecule has 0 saturated carbocycles. The molecule has 2 N–H and O–H groups in total. The number of aromatic nitrogens is 2. The first-order chi connectivity index (χ1) is 10.2. The van der Waals surface area contributed by atoms with Crippen LogP contribution < -0.4 is 15.2 Å². The van der Waals surface area contributed by atoms with Crippen LogP contribution in [0.25, 0.3) is 0 Å². The first-order valence-corrected chi connectivity index (χ1v) is 6.84. The highest BCUT2D eigenvalue weighted by Crippen LogP contribution is 2.35. The summed E-state index contributed by atoms with van der Waals surface area (Å²) in [6, 6.07) is 7.49. The molecule has 2 aliphatic heterocycles. The number of rotatable bonds is 2. The van der Waals surface area contributed by atoms with Crippen molar-refractivity contribution in [3.8, 4) is 11.5 Å². The van der Waals surface area contributed by atoms with Crippen molar-refractivity contribution in [2.75, 3.05) is 19.8 Å². The lowest BCUT2D eigenvalue weighted by Crippen LogP contribution is -2.37. The molecular weight excluding hydrogens is 274 g/mol. The zero-order chi connectivity index (χ0) is 14.3. The van der Waals surface area contributed by atoms with E-state index in [4.69, 9.17) is 24.5 Å². The third kappa shape index (κ3) is 2.14. The lowest BCUT2D eigenvalue weighted by molar-refractivity contribution is 0.0832. The molecule has 0 spiro atoms. The van der Waals surface area contributed by atoms with Crippen LogP contribution in [0.3, 0.4) is 0 Å². The fourth-order valence-corrected chi connectivity index (χ4v) is 2.46. The van der Waals surface area contributed by atoms with Crippen LogP contribution in [0.4, 0.5) is 0 Å². The molecule has 0 radical (unpaired) electrons. The summed E-state index contributed by atoms with van der Waals surface area (Å²) in [7, 11) is 0. The summed E-state index contributed by atoms with van der Waals surface area (Å²) in [5.74, 6) is 2.22. The molecule has 1 aromatic heterocycles. The van der Waals surface area contributed by atoms with Crippen LogP contribution in [-0.4, -0.2) is 30.0 Å². The zero-order valence-corrected chi connectivity index (χ0v) is 11.3. The molecule has 1 fully saturated rings. The van der Waals surface area contributed by atoms with Crippen molar-refractivity contribution in [3.63, 3.8) is 0 Å². The standard InChI is InChI=1S/C14H15N3O4/c15-14(5-6-18-8-14)13-16-12(17-21-13)11-7-19-9-3-1-2-4-10(9)20-11/h1-4,11H,5-8,15H2. The number of hydrogen-bond donors (Lipinski definition) is 1. The van der Waals surface area contributed by atoms with Crippen LogP contribution in [0, 0.1) is 0 Å². The Morgan fingerprint density at radius 3 is 2.90 bits per heavy atom. The van der Waals surface area contributed by atoms with Gasteiger partial charge in [-0.25, -0.2) is 0 Å². The van der Waals surface area contributed by atoms with Gasteiger partial charge in [-0.15, -0.1) is 0 Å². The van der Waals surface area contributed by atoms with Gasteiger partial charge in [-0.3, -0.25) is 0 Å². The molecule has 0 amide bonds. The molecule has 7 heteroatoms. The molecular formula is C14H15N3O4. The van der Waals surface area contributed by atoms with Crippen molar-refractivity contribution in [2.45, 2.75) is 18.1 Å². The minimum atomic E-state index is -0.696. The van der Waals surface area contributed by atoms with E-state index in [1.54, 1.807) is 0 Å². The number of benzene rings is 1. The van der Waals surface area contributed by atoms with Gasteiger partial charge in [0.25, 0.3) is 0 Å². The fraction of sp³-hybridized carbons (Fsp3) is 0.429. The summed E-state index contributed by atoms with van der Waals surface area (Å²) in [5, 5.41) is 3.98. The average Bonchev–Trinajstić information content (AvgIpc) is 3.17. The van der Waals surface area contributed by atoms with Gasteiger partial charge in [0.2, 0.25) is 11.7 Å². The number of nitrogens with zero attached hydrogens (tertiary/aromatic N) is 2. The Balaban J connectivity index is 1.57. The second kappa shape index (κ2) is 4.71. The van der Waals surface area contributed by atoms with E-state index in [-0.39, 0.29) is 0 Å². The number of ether oxygens (including phenoxy) is 3. The zero-order valence-electron chi connectivity index (χ0n) is 11.3. The largest absolute Gasteiger partial charge is 0.485 e. The van der Waals surface area contributed by atoms with Crippen molar-refractivity contribution in [1.82, 2.24) is 10.1 Å². The van der Waals surface area contributed by atoms with E-state index in [1.807, 2.05) is 24.3 Å². The minimum absolute atomic E-state index is 0.337. The highest BCUT2D eigenvalue weighted by atomic mass is 16.6. The van der Waals surface area contributed by atoms with Crippen LogP contribution in [0.15, 0.2) is 28.8 Å². The average molecular weight is 289 g/mol. The second-order valence-electron chi connectivity index (χ2n) is 5.28. The number of hydrogen-bond acceptors (Lipinski definition) is 7. The predicted octanol–water partition coefficient (Wildman–Crippen LogP) is 1.16. The molecule has 3 heterocycles. The Labute approximate surface area is 121 Å². The number of para-hydroxylation sites is 2. The summed E-state index contributed by atoms with van der Waals surface area (Å²) in [6.07, 6.45) is 0.266. The summed E-state index contributed by atoms with van der Waals surface area (Å²) >= 11 is 0. The van der Waals surface area contributed by atoms with Gasteiger partial charge < -0.3 is 24.5 Å². The Morgan fingerprint density at radius 1 is 1.24 bits per heavy atom. The Bertz CT molecular complexity index is 651. The van der Waals surface area contributed by atoms with Gasteiger partial charge in [-0.1, -0.05) is 17.3 Å².